The average Bonchev–Trinajstić information content (AvgIpc) is 2.44. The zero-order valence-corrected chi connectivity index (χ0v) is 12.4. The van der Waals surface area contributed by atoms with E-state index in [1.807, 2.05) is 13.1 Å². The SMILES string of the molecule is CCC1CCCC(C(NC)c2cc(F)ccc2C)C1. The van der Waals surface area contributed by atoms with Crippen molar-refractivity contribution in [3.05, 3.63) is 35.1 Å². The Bertz CT molecular complexity index is 416. The van der Waals surface area contributed by atoms with E-state index in [1.165, 1.54) is 37.7 Å². The summed E-state index contributed by atoms with van der Waals surface area (Å²) in [6, 6.07) is 5.47. The van der Waals surface area contributed by atoms with Crippen LogP contribution in [-0.4, -0.2) is 7.05 Å². The standard InChI is InChI=1S/C17H26FN/c1-4-13-6-5-7-14(10-13)17(19-3)16-11-15(18)9-8-12(16)2/h8-9,11,13-14,17,19H,4-7,10H2,1-3H3. The summed E-state index contributed by atoms with van der Waals surface area (Å²) in [6.45, 7) is 4.37. The predicted octanol–water partition coefficient (Wildman–Crippen LogP) is 4.61. The largest absolute Gasteiger partial charge is 0.313 e. The van der Waals surface area contributed by atoms with Gasteiger partial charge in [-0.05, 0) is 61.9 Å². The van der Waals surface area contributed by atoms with Crippen LogP contribution in [-0.2, 0) is 0 Å². The van der Waals surface area contributed by atoms with Crippen molar-refractivity contribution in [3.8, 4) is 0 Å². The van der Waals surface area contributed by atoms with Gasteiger partial charge in [0.1, 0.15) is 5.82 Å². The van der Waals surface area contributed by atoms with Gasteiger partial charge in [-0.3, -0.25) is 0 Å². The van der Waals surface area contributed by atoms with Gasteiger partial charge in [0, 0.05) is 6.04 Å². The second kappa shape index (κ2) is 6.51. The minimum atomic E-state index is -0.122. The van der Waals surface area contributed by atoms with Gasteiger partial charge in [-0.25, -0.2) is 4.39 Å². The van der Waals surface area contributed by atoms with E-state index in [0.717, 1.165) is 11.5 Å². The summed E-state index contributed by atoms with van der Waals surface area (Å²) in [4.78, 5) is 0. The van der Waals surface area contributed by atoms with Crippen molar-refractivity contribution in [2.24, 2.45) is 11.8 Å². The first-order valence-electron chi connectivity index (χ1n) is 7.59. The molecule has 0 heterocycles. The molecule has 0 aliphatic heterocycles. The van der Waals surface area contributed by atoms with Crippen LogP contribution in [0.2, 0.25) is 0 Å². The third-order valence-corrected chi connectivity index (χ3v) is 4.76. The third-order valence-electron chi connectivity index (χ3n) is 4.76. The molecule has 1 aliphatic carbocycles. The molecule has 1 nitrogen and oxygen atoms in total. The van der Waals surface area contributed by atoms with Crippen LogP contribution in [0.5, 0.6) is 0 Å². The molecule has 2 heteroatoms. The van der Waals surface area contributed by atoms with Crippen LogP contribution in [0.3, 0.4) is 0 Å². The maximum absolute atomic E-state index is 13.5. The molecule has 1 aliphatic rings. The number of aryl methyl sites for hydroxylation is 1. The van der Waals surface area contributed by atoms with E-state index in [2.05, 4.69) is 19.2 Å². The Kier molecular flexibility index (Phi) is 4.98. The summed E-state index contributed by atoms with van der Waals surface area (Å²) >= 11 is 0. The van der Waals surface area contributed by atoms with Crippen molar-refractivity contribution in [1.29, 1.82) is 0 Å². The Morgan fingerprint density at radius 2 is 2.16 bits per heavy atom. The Hall–Kier alpha value is -0.890. The summed E-state index contributed by atoms with van der Waals surface area (Å²) in [5.41, 5.74) is 2.34. The number of halogens is 1. The van der Waals surface area contributed by atoms with Gasteiger partial charge in [0.05, 0.1) is 0 Å². The first-order valence-corrected chi connectivity index (χ1v) is 7.59. The molecule has 0 saturated heterocycles. The number of benzene rings is 1. The van der Waals surface area contributed by atoms with Crippen LogP contribution in [0.1, 0.15) is 56.2 Å². The Morgan fingerprint density at radius 3 is 2.84 bits per heavy atom. The predicted molar refractivity (Wildman–Crippen MR) is 78.7 cm³/mol. The van der Waals surface area contributed by atoms with Crippen molar-refractivity contribution in [2.75, 3.05) is 7.05 Å². The summed E-state index contributed by atoms with van der Waals surface area (Å²) in [6.07, 6.45) is 6.49. The van der Waals surface area contributed by atoms with E-state index in [9.17, 15) is 4.39 Å². The van der Waals surface area contributed by atoms with Crippen molar-refractivity contribution < 1.29 is 4.39 Å². The second-order valence-corrected chi connectivity index (χ2v) is 5.97. The lowest BCUT2D eigenvalue weighted by Crippen LogP contribution is -2.30. The quantitative estimate of drug-likeness (QED) is 0.836. The highest BCUT2D eigenvalue weighted by Crippen LogP contribution is 2.39. The van der Waals surface area contributed by atoms with E-state index in [0.29, 0.717) is 12.0 Å². The Labute approximate surface area is 116 Å². The fourth-order valence-electron chi connectivity index (χ4n) is 3.60. The summed E-state index contributed by atoms with van der Waals surface area (Å²) in [5.74, 6) is 1.37. The maximum atomic E-state index is 13.5. The fraction of sp³-hybridized carbons (Fsp3) is 0.647. The van der Waals surface area contributed by atoms with E-state index >= 15 is 0 Å². The maximum Gasteiger partial charge on any atom is 0.123 e. The second-order valence-electron chi connectivity index (χ2n) is 5.97. The highest BCUT2D eigenvalue weighted by molar-refractivity contribution is 5.30. The van der Waals surface area contributed by atoms with Gasteiger partial charge in [0.2, 0.25) is 0 Å². The molecular formula is C17H26FN. The highest BCUT2D eigenvalue weighted by Gasteiger charge is 2.28. The van der Waals surface area contributed by atoms with Crippen LogP contribution in [0.4, 0.5) is 4.39 Å². The number of rotatable bonds is 4. The number of hydrogen-bond acceptors (Lipinski definition) is 1. The first kappa shape index (κ1) is 14.5. The van der Waals surface area contributed by atoms with Crippen molar-refractivity contribution in [1.82, 2.24) is 5.32 Å². The minimum Gasteiger partial charge on any atom is -0.313 e. The Morgan fingerprint density at radius 1 is 1.37 bits per heavy atom. The topological polar surface area (TPSA) is 12.0 Å². The molecule has 1 saturated carbocycles. The zero-order valence-electron chi connectivity index (χ0n) is 12.4. The molecule has 1 aromatic rings. The molecule has 1 aromatic carbocycles. The average molecular weight is 263 g/mol. The molecule has 19 heavy (non-hydrogen) atoms. The number of nitrogens with one attached hydrogen (secondary N) is 1. The molecule has 0 aromatic heterocycles. The van der Waals surface area contributed by atoms with E-state index in [-0.39, 0.29) is 5.82 Å². The smallest absolute Gasteiger partial charge is 0.123 e. The lowest BCUT2D eigenvalue weighted by atomic mass is 9.74. The molecule has 3 atom stereocenters. The molecule has 0 bridgehead atoms. The molecule has 0 spiro atoms. The van der Waals surface area contributed by atoms with Crippen molar-refractivity contribution in [3.63, 3.8) is 0 Å². The van der Waals surface area contributed by atoms with Crippen LogP contribution >= 0.6 is 0 Å². The molecule has 1 fully saturated rings. The van der Waals surface area contributed by atoms with Gasteiger partial charge in [-0.15, -0.1) is 0 Å². The monoisotopic (exact) mass is 263 g/mol. The van der Waals surface area contributed by atoms with Crippen LogP contribution in [0.25, 0.3) is 0 Å². The van der Waals surface area contributed by atoms with Crippen LogP contribution in [0, 0.1) is 24.6 Å². The molecule has 1 N–H and O–H groups in total. The van der Waals surface area contributed by atoms with Gasteiger partial charge in [-0.2, -0.15) is 0 Å². The summed E-state index contributed by atoms with van der Waals surface area (Å²) in [5, 5.41) is 3.43. The molecule has 0 radical (unpaired) electrons. The molecule has 2 rings (SSSR count). The van der Waals surface area contributed by atoms with Gasteiger partial charge in [-0.1, -0.05) is 32.3 Å². The Balaban J connectivity index is 2.21. The van der Waals surface area contributed by atoms with Crippen molar-refractivity contribution >= 4 is 0 Å². The van der Waals surface area contributed by atoms with E-state index < -0.39 is 0 Å². The van der Waals surface area contributed by atoms with Crippen LogP contribution < -0.4 is 5.32 Å². The van der Waals surface area contributed by atoms with Crippen molar-refractivity contribution in [2.45, 2.75) is 52.0 Å². The van der Waals surface area contributed by atoms with E-state index in [4.69, 9.17) is 0 Å². The molecule has 106 valence electrons. The van der Waals surface area contributed by atoms with Gasteiger partial charge in [0.15, 0.2) is 0 Å². The highest BCUT2D eigenvalue weighted by atomic mass is 19.1. The normalized spacial score (nSPS) is 25.3. The molecular weight excluding hydrogens is 237 g/mol. The summed E-state index contributed by atoms with van der Waals surface area (Å²) in [7, 11) is 2.00. The van der Waals surface area contributed by atoms with E-state index in [1.54, 1.807) is 12.1 Å². The zero-order chi connectivity index (χ0) is 13.8. The molecule has 3 unspecified atom stereocenters. The van der Waals surface area contributed by atoms with Gasteiger partial charge in [0.25, 0.3) is 0 Å². The lowest BCUT2D eigenvalue weighted by Gasteiger charge is -2.35. The molecule has 0 amide bonds. The lowest BCUT2D eigenvalue weighted by molar-refractivity contribution is 0.214. The first-order chi connectivity index (χ1) is 9.15. The van der Waals surface area contributed by atoms with Gasteiger partial charge >= 0.3 is 0 Å². The number of hydrogen-bond donors (Lipinski definition) is 1. The fourth-order valence-corrected chi connectivity index (χ4v) is 3.60. The third kappa shape index (κ3) is 3.36. The summed E-state index contributed by atoms with van der Waals surface area (Å²) < 4.78 is 13.5. The van der Waals surface area contributed by atoms with Crippen LogP contribution in [0.15, 0.2) is 18.2 Å². The van der Waals surface area contributed by atoms with Gasteiger partial charge < -0.3 is 5.32 Å². The minimum absolute atomic E-state index is 0.122.